The van der Waals surface area contributed by atoms with E-state index < -0.39 is 0 Å². The summed E-state index contributed by atoms with van der Waals surface area (Å²) in [6, 6.07) is 5.94. The molecule has 1 N–H and O–H groups in total. The molecule has 6 nitrogen and oxygen atoms in total. The second-order valence-corrected chi connectivity index (χ2v) is 8.56. The average Bonchev–Trinajstić information content (AvgIpc) is 2.98. The Morgan fingerprint density at radius 1 is 0.966 bits per heavy atom. The molecule has 3 saturated heterocycles. The Bertz CT molecular complexity index is 775. The smallest absolute Gasteiger partial charge is 0.251 e. The zero-order valence-electron chi connectivity index (χ0n) is 16.8. The summed E-state index contributed by atoms with van der Waals surface area (Å²) in [6.45, 7) is 2.89. The summed E-state index contributed by atoms with van der Waals surface area (Å²) in [7, 11) is 0. The number of benzene rings is 1. The fraction of sp³-hybridized carbons (Fsp3) is 0.591. The number of fused-ring (bicyclic) bond motifs is 2. The molecule has 2 unspecified atom stereocenters. The van der Waals surface area contributed by atoms with Crippen molar-refractivity contribution in [1.29, 1.82) is 0 Å². The van der Waals surface area contributed by atoms with Gasteiger partial charge < -0.3 is 15.1 Å². The van der Waals surface area contributed by atoms with Gasteiger partial charge in [-0.2, -0.15) is 0 Å². The SMILES string of the molecule is CC(=O)N1CCC(C(=O)N2C3CCC2CC(NC(=O)c2ccc(F)cc2)C3)CC1. The molecule has 3 fully saturated rings. The third-order valence-corrected chi connectivity index (χ3v) is 6.72. The van der Waals surface area contributed by atoms with Gasteiger partial charge in [0.2, 0.25) is 11.8 Å². The molecule has 0 aliphatic carbocycles. The molecule has 0 saturated carbocycles. The molecular formula is C22H28FN3O3. The van der Waals surface area contributed by atoms with Crippen molar-refractivity contribution in [2.45, 2.75) is 63.6 Å². The van der Waals surface area contributed by atoms with Crippen LogP contribution in [0.3, 0.4) is 0 Å². The van der Waals surface area contributed by atoms with Gasteiger partial charge in [0.05, 0.1) is 0 Å². The first-order chi connectivity index (χ1) is 13.9. The summed E-state index contributed by atoms with van der Waals surface area (Å²) in [4.78, 5) is 41.0. The first-order valence-electron chi connectivity index (χ1n) is 10.6. The van der Waals surface area contributed by atoms with Gasteiger partial charge >= 0.3 is 0 Å². The number of hydrogen-bond donors (Lipinski definition) is 1. The number of hydrogen-bond acceptors (Lipinski definition) is 3. The molecule has 3 aliphatic heterocycles. The summed E-state index contributed by atoms with van der Waals surface area (Å²) < 4.78 is 13.1. The second-order valence-electron chi connectivity index (χ2n) is 8.56. The van der Waals surface area contributed by atoms with Crippen molar-refractivity contribution in [3.8, 4) is 0 Å². The molecule has 156 valence electrons. The number of carbonyl (C=O) groups excluding carboxylic acids is 3. The first kappa shape index (κ1) is 19.9. The molecule has 3 aliphatic rings. The maximum Gasteiger partial charge on any atom is 0.251 e. The van der Waals surface area contributed by atoms with Crippen LogP contribution >= 0.6 is 0 Å². The van der Waals surface area contributed by atoms with Crippen molar-refractivity contribution in [2.75, 3.05) is 13.1 Å². The van der Waals surface area contributed by atoms with Crippen molar-refractivity contribution < 1.29 is 18.8 Å². The summed E-state index contributed by atoms with van der Waals surface area (Å²) in [6.07, 6.45) is 4.96. The van der Waals surface area contributed by atoms with Crippen LogP contribution in [0.5, 0.6) is 0 Å². The van der Waals surface area contributed by atoms with E-state index in [1.165, 1.54) is 24.3 Å². The number of likely N-dealkylation sites (tertiary alicyclic amines) is 1. The molecular weight excluding hydrogens is 373 g/mol. The number of carbonyl (C=O) groups is 3. The van der Waals surface area contributed by atoms with Crippen LogP contribution in [0.2, 0.25) is 0 Å². The highest BCUT2D eigenvalue weighted by atomic mass is 19.1. The predicted octanol–water partition coefficient (Wildman–Crippen LogP) is 2.34. The van der Waals surface area contributed by atoms with Crippen LogP contribution in [-0.2, 0) is 9.59 Å². The number of amides is 3. The van der Waals surface area contributed by atoms with E-state index in [9.17, 15) is 18.8 Å². The molecule has 2 bridgehead atoms. The Balaban J connectivity index is 1.34. The molecule has 29 heavy (non-hydrogen) atoms. The highest BCUT2D eigenvalue weighted by molar-refractivity contribution is 5.94. The van der Waals surface area contributed by atoms with Gasteiger partial charge in [-0.3, -0.25) is 14.4 Å². The molecule has 0 radical (unpaired) electrons. The summed E-state index contributed by atoms with van der Waals surface area (Å²) in [5.41, 5.74) is 0.453. The molecule has 0 aromatic heterocycles. The number of nitrogens with zero attached hydrogens (tertiary/aromatic N) is 2. The first-order valence-corrected chi connectivity index (χ1v) is 10.6. The number of rotatable bonds is 3. The van der Waals surface area contributed by atoms with Crippen LogP contribution in [0.1, 0.15) is 55.8 Å². The highest BCUT2D eigenvalue weighted by Crippen LogP contribution is 2.38. The molecule has 7 heteroatoms. The second kappa shape index (κ2) is 8.13. The van der Waals surface area contributed by atoms with E-state index in [-0.39, 0.29) is 47.6 Å². The quantitative estimate of drug-likeness (QED) is 0.845. The molecule has 1 aromatic rings. The minimum absolute atomic E-state index is 0.000874. The lowest BCUT2D eigenvalue weighted by Crippen LogP contribution is -2.54. The van der Waals surface area contributed by atoms with E-state index in [1.807, 2.05) is 4.90 Å². The third kappa shape index (κ3) is 4.14. The Hall–Kier alpha value is -2.44. The van der Waals surface area contributed by atoms with E-state index in [0.29, 0.717) is 18.7 Å². The van der Waals surface area contributed by atoms with Gasteiger partial charge in [0.15, 0.2) is 0 Å². The third-order valence-electron chi connectivity index (χ3n) is 6.72. The van der Waals surface area contributed by atoms with Crippen molar-refractivity contribution in [3.05, 3.63) is 35.6 Å². The Kier molecular flexibility index (Phi) is 5.56. The standard InChI is InChI=1S/C22H28FN3O3/c1-14(27)25-10-8-16(9-11-25)22(29)26-19-6-7-20(26)13-18(12-19)24-21(28)15-2-4-17(23)5-3-15/h2-5,16,18-20H,6-13H2,1H3,(H,24,28). The van der Waals surface area contributed by atoms with Gasteiger partial charge in [0.1, 0.15) is 5.82 Å². The van der Waals surface area contributed by atoms with Crippen LogP contribution < -0.4 is 5.32 Å². The van der Waals surface area contributed by atoms with E-state index >= 15 is 0 Å². The van der Waals surface area contributed by atoms with E-state index in [0.717, 1.165) is 38.5 Å². The molecule has 3 amide bonds. The van der Waals surface area contributed by atoms with Gasteiger partial charge in [0.25, 0.3) is 5.91 Å². The average molecular weight is 401 g/mol. The van der Waals surface area contributed by atoms with Crippen molar-refractivity contribution >= 4 is 17.7 Å². The van der Waals surface area contributed by atoms with E-state index in [2.05, 4.69) is 10.2 Å². The predicted molar refractivity (Wildman–Crippen MR) is 106 cm³/mol. The monoisotopic (exact) mass is 401 g/mol. The maximum absolute atomic E-state index is 13.2. The fourth-order valence-corrected chi connectivity index (χ4v) is 5.18. The number of halogens is 1. The minimum Gasteiger partial charge on any atom is -0.349 e. The largest absolute Gasteiger partial charge is 0.349 e. The summed E-state index contributed by atoms with van der Waals surface area (Å²) in [5.74, 6) is -0.247. The lowest BCUT2D eigenvalue weighted by Gasteiger charge is -2.42. The Morgan fingerprint density at radius 2 is 1.55 bits per heavy atom. The van der Waals surface area contributed by atoms with Gasteiger partial charge in [-0.25, -0.2) is 4.39 Å². The van der Waals surface area contributed by atoms with Crippen molar-refractivity contribution in [1.82, 2.24) is 15.1 Å². The van der Waals surface area contributed by atoms with Crippen LogP contribution in [0.25, 0.3) is 0 Å². The van der Waals surface area contributed by atoms with E-state index in [1.54, 1.807) is 6.92 Å². The normalized spacial score (nSPS) is 27.0. The Morgan fingerprint density at radius 3 is 2.10 bits per heavy atom. The van der Waals surface area contributed by atoms with Gasteiger partial charge in [-0.15, -0.1) is 0 Å². The zero-order valence-corrected chi connectivity index (χ0v) is 16.8. The topological polar surface area (TPSA) is 69.7 Å². The van der Waals surface area contributed by atoms with E-state index in [4.69, 9.17) is 0 Å². The van der Waals surface area contributed by atoms with Crippen LogP contribution in [0.4, 0.5) is 4.39 Å². The zero-order chi connectivity index (χ0) is 20.5. The maximum atomic E-state index is 13.2. The molecule has 3 heterocycles. The lowest BCUT2D eigenvalue weighted by atomic mass is 9.91. The summed E-state index contributed by atoms with van der Waals surface area (Å²) in [5, 5.41) is 3.07. The molecule has 0 spiro atoms. The van der Waals surface area contributed by atoms with Crippen LogP contribution in [0, 0.1) is 11.7 Å². The van der Waals surface area contributed by atoms with Crippen LogP contribution in [0.15, 0.2) is 24.3 Å². The van der Waals surface area contributed by atoms with Crippen molar-refractivity contribution in [3.63, 3.8) is 0 Å². The number of piperidine rings is 2. The lowest BCUT2D eigenvalue weighted by molar-refractivity contribution is -0.144. The van der Waals surface area contributed by atoms with Gasteiger partial charge in [-0.05, 0) is 62.8 Å². The van der Waals surface area contributed by atoms with Gasteiger partial charge in [-0.1, -0.05) is 0 Å². The minimum atomic E-state index is -0.361. The van der Waals surface area contributed by atoms with Crippen molar-refractivity contribution in [2.24, 2.45) is 5.92 Å². The summed E-state index contributed by atoms with van der Waals surface area (Å²) >= 11 is 0. The van der Waals surface area contributed by atoms with Gasteiger partial charge in [0, 0.05) is 49.6 Å². The molecule has 2 atom stereocenters. The molecule has 4 rings (SSSR count). The fourth-order valence-electron chi connectivity index (χ4n) is 5.18. The highest BCUT2D eigenvalue weighted by Gasteiger charge is 2.45. The molecule has 1 aromatic carbocycles. The number of nitrogens with one attached hydrogen (secondary N) is 1. The van der Waals surface area contributed by atoms with Crippen LogP contribution in [-0.4, -0.2) is 58.7 Å². The Labute approximate surface area is 170 Å².